The number of halogens is 2. The summed E-state index contributed by atoms with van der Waals surface area (Å²) in [6, 6.07) is 12.4. The van der Waals surface area contributed by atoms with Crippen molar-refractivity contribution in [3.63, 3.8) is 0 Å². The van der Waals surface area contributed by atoms with E-state index in [1.54, 1.807) is 24.3 Å². The second-order valence-electron chi connectivity index (χ2n) is 4.90. The molecule has 0 bridgehead atoms. The van der Waals surface area contributed by atoms with Gasteiger partial charge in [-0.05, 0) is 42.8 Å². The molecule has 1 amide bonds. The van der Waals surface area contributed by atoms with E-state index in [0.29, 0.717) is 13.1 Å². The topological polar surface area (TPSA) is 41.1 Å². The second-order valence-corrected chi connectivity index (χ2v) is 4.90. The molecule has 0 aliphatic rings. The highest BCUT2D eigenvalue weighted by atomic mass is 19.1. The lowest BCUT2D eigenvalue weighted by Crippen LogP contribution is -2.23. The Morgan fingerprint density at radius 2 is 1.68 bits per heavy atom. The maximum atomic E-state index is 13.4. The molecule has 0 atom stereocenters. The van der Waals surface area contributed by atoms with Gasteiger partial charge >= 0.3 is 0 Å². The number of benzene rings is 2. The van der Waals surface area contributed by atoms with E-state index in [1.807, 2.05) is 0 Å². The highest BCUT2D eigenvalue weighted by Gasteiger charge is 2.05. The van der Waals surface area contributed by atoms with Crippen LogP contribution < -0.4 is 10.6 Å². The normalized spacial score (nSPS) is 10.5. The summed E-state index contributed by atoms with van der Waals surface area (Å²) in [5.41, 5.74) is 1.23. The van der Waals surface area contributed by atoms with Gasteiger partial charge in [-0.1, -0.05) is 24.3 Å². The quantitative estimate of drug-likeness (QED) is 0.772. The number of anilines is 1. The molecule has 2 N–H and O–H groups in total. The van der Waals surface area contributed by atoms with Crippen molar-refractivity contribution in [2.75, 3.05) is 18.4 Å². The lowest BCUT2D eigenvalue weighted by atomic mass is 10.1. The Morgan fingerprint density at radius 3 is 2.41 bits per heavy atom. The lowest BCUT2D eigenvalue weighted by Gasteiger charge is -2.07. The van der Waals surface area contributed by atoms with Gasteiger partial charge in [0.15, 0.2) is 0 Å². The summed E-state index contributed by atoms with van der Waals surface area (Å²) >= 11 is 0. The van der Waals surface area contributed by atoms with E-state index in [1.165, 1.54) is 24.3 Å². The van der Waals surface area contributed by atoms with Crippen LogP contribution in [-0.2, 0) is 11.2 Å². The molecule has 5 heteroatoms. The summed E-state index contributed by atoms with van der Waals surface area (Å²) < 4.78 is 26.1. The first kappa shape index (κ1) is 16.1. The van der Waals surface area contributed by atoms with Crippen molar-refractivity contribution >= 4 is 11.6 Å². The molecule has 2 aromatic rings. The molecule has 0 fully saturated rings. The summed E-state index contributed by atoms with van der Waals surface area (Å²) in [6.45, 7) is 1.19. The Morgan fingerprint density at radius 1 is 0.955 bits per heavy atom. The summed E-state index contributed by atoms with van der Waals surface area (Å²) in [5.74, 6) is -0.930. The van der Waals surface area contributed by atoms with Crippen LogP contribution in [0.3, 0.4) is 0 Å². The summed E-state index contributed by atoms with van der Waals surface area (Å²) in [6.07, 6.45) is 1.02. The number of carbonyl (C=O) groups is 1. The molecule has 116 valence electrons. The average molecular weight is 304 g/mol. The van der Waals surface area contributed by atoms with E-state index < -0.39 is 5.82 Å². The van der Waals surface area contributed by atoms with Crippen molar-refractivity contribution in [1.82, 2.24) is 5.32 Å². The summed E-state index contributed by atoms with van der Waals surface area (Å²) in [4.78, 5) is 11.7. The van der Waals surface area contributed by atoms with Gasteiger partial charge in [-0.2, -0.15) is 0 Å². The first-order valence-electron chi connectivity index (χ1n) is 7.15. The third-order valence-corrected chi connectivity index (χ3v) is 3.18. The number of hydrogen-bond acceptors (Lipinski definition) is 2. The average Bonchev–Trinajstić information content (AvgIpc) is 2.51. The molecular formula is C17H18F2N2O. The van der Waals surface area contributed by atoms with Crippen LogP contribution >= 0.6 is 0 Å². The van der Waals surface area contributed by atoms with Crippen LogP contribution in [-0.4, -0.2) is 19.0 Å². The Labute approximate surface area is 128 Å². The second kappa shape index (κ2) is 8.24. The third-order valence-electron chi connectivity index (χ3n) is 3.18. The molecule has 0 aliphatic carbocycles. The summed E-state index contributed by atoms with van der Waals surface area (Å²) in [7, 11) is 0. The van der Waals surface area contributed by atoms with Crippen LogP contribution in [0.5, 0.6) is 0 Å². The van der Waals surface area contributed by atoms with Gasteiger partial charge in [0, 0.05) is 13.0 Å². The highest BCUT2D eigenvalue weighted by molar-refractivity contribution is 5.90. The molecule has 0 saturated carbocycles. The Hall–Kier alpha value is -2.27. The van der Waals surface area contributed by atoms with E-state index in [-0.39, 0.29) is 23.8 Å². The fourth-order valence-corrected chi connectivity index (χ4v) is 1.99. The molecule has 0 saturated heterocycles. The SMILES string of the molecule is O=C(CCNCCc1ccc(F)cc1)Nc1ccccc1F. The molecule has 0 unspecified atom stereocenters. The molecule has 0 radical (unpaired) electrons. The van der Waals surface area contributed by atoms with Crippen LogP contribution in [0.2, 0.25) is 0 Å². The van der Waals surface area contributed by atoms with Crippen molar-refractivity contribution < 1.29 is 13.6 Å². The molecular weight excluding hydrogens is 286 g/mol. The maximum absolute atomic E-state index is 13.4. The zero-order valence-corrected chi connectivity index (χ0v) is 12.1. The van der Waals surface area contributed by atoms with Crippen LogP contribution in [0.25, 0.3) is 0 Å². The van der Waals surface area contributed by atoms with Crippen LogP contribution in [0, 0.1) is 11.6 Å². The number of hydrogen-bond donors (Lipinski definition) is 2. The number of rotatable bonds is 7. The number of amides is 1. The van der Waals surface area contributed by atoms with E-state index in [4.69, 9.17) is 0 Å². The molecule has 0 aliphatic heterocycles. The smallest absolute Gasteiger partial charge is 0.225 e. The first-order valence-corrected chi connectivity index (χ1v) is 7.15. The number of para-hydroxylation sites is 1. The Bertz CT molecular complexity index is 614. The standard InChI is InChI=1S/C17H18F2N2O/c18-14-7-5-13(6-8-14)9-11-20-12-10-17(22)21-16-4-2-1-3-15(16)19/h1-8,20H,9-12H2,(H,21,22). The molecule has 0 aromatic heterocycles. The fraction of sp³-hybridized carbons (Fsp3) is 0.235. The van der Waals surface area contributed by atoms with Gasteiger partial charge in [-0.15, -0.1) is 0 Å². The van der Waals surface area contributed by atoms with Gasteiger partial charge in [0.25, 0.3) is 0 Å². The van der Waals surface area contributed by atoms with E-state index in [0.717, 1.165) is 12.0 Å². The Balaban J connectivity index is 1.63. The molecule has 22 heavy (non-hydrogen) atoms. The van der Waals surface area contributed by atoms with Crippen LogP contribution in [0.4, 0.5) is 14.5 Å². The van der Waals surface area contributed by atoms with Crippen molar-refractivity contribution in [1.29, 1.82) is 0 Å². The van der Waals surface area contributed by atoms with E-state index >= 15 is 0 Å². The minimum absolute atomic E-state index is 0.193. The molecule has 3 nitrogen and oxygen atoms in total. The van der Waals surface area contributed by atoms with Gasteiger partial charge in [0.2, 0.25) is 5.91 Å². The zero-order valence-electron chi connectivity index (χ0n) is 12.1. The molecule has 2 rings (SSSR count). The molecule has 0 heterocycles. The maximum Gasteiger partial charge on any atom is 0.225 e. The molecule has 0 spiro atoms. The largest absolute Gasteiger partial charge is 0.324 e. The fourth-order valence-electron chi connectivity index (χ4n) is 1.99. The summed E-state index contributed by atoms with van der Waals surface area (Å²) in [5, 5.41) is 5.66. The predicted octanol–water partition coefficient (Wildman–Crippen LogP) is 3.13. The lowest BCUT2D eigenvalue weighted by molar-refractivity contribution is -0.116. The van der Waals surface area contributed by atoms with Gasteiger partial charge in [0.05, 0.1) is 5.69 Å². The van der Waals surface area contributed by atoms with Crippen LogP contribution in [0.15, 0.2) is 48.5 Å². The van der Waals surface area contributed by atoms with Crippen molar-refractivity contribution in [2.45, 2.75) is 12.8 Å². The highest BCUT2D eigenvalue weighted by Crippen LogP contribution is 2.12. The monoisotopic (exact) mass is 304 g/mol. The molecule has 2 aromatic carbocycles. The first-order chi connectivity index (χ1) is 10.6. The predicted molar refractivity (Wildman–Crippen MR) is 82.6 cm³/mol. The van der Waals surface area contributed by atoms with Gasteiger partial charge in [0.1, 0.15) is 11.6 Å². The van der Waals surface area contributed by atoms with Gasteiger partial charge in [-0.25, -0.2) is 8.78 Å². The van der Waals surface area contributed by atoms with Gasteiger partial charge in [-0.3, -0.25) is 4.79 Å². The third kappa shape index (κ3) is 5.26. The van der Waals surface area contributed by atoms with E-state index in [9.17, 15) is 13.6 Å². The van der Waals surface area contributed by atoms with Crippen molar-refractivity contribution in [2.24, 2.45) is 0 Å². The van der Waals surface area contributed by atoms with Crippen molar-refractivity contribution in [3.05, 3.63) is 65.7 Å². The van der Waals surface area contributed by atoms with Gasteiger partial charge < -0.3 is 10.6 Å². The zero-order chi connectivity index (χ0) is 15.8. The Kier molecular flexibility index (Phi) is 6.03. The minimum atomic E-state index is -0.444. The van der Waals surface area contributed by atoms with Crippen molar-refractivity contribution in [3.8, 4) is 0 Å². The van der Waals surface area contributed by atoms with E-state index in [2.05, 4.69) is 10.6 Å². The van der Waals surface area contributed by atoms with Crippen LogP contribution in [0.1, 0.15) is 12.0 Å². The number of carbonyl (C=O) groups excluding carboxylic acids is 1. The number of nitrogens with one attached hydrogen (secondary N) is 2. The minimum Gasteiger partial charge on any atom is -0.324 e.